The predicted octanol–water partition coefficient (Wildman–Crippen LogP) is 0.809. The van der Waals surface area contributed by atoms with E-state index in [1.807, 2.05) is 0 Å². The van der Waals surface area contributed by atoms with Crippen molar-refractivity contribution in [3.63, 3.8) is 0 Å². The molecule has 0 aromatic heterocycles. The van der Waals surface area contributed by atoms with Crippen molar-refractivity contribution in [2.45, 2.75) is 0 Å². The highest BCUT2D eigenvalue weighted by Crippen LogP contribution is 2.45. The fraction of sp³-hybridized carbons (Fsp3) is 0. The first kappa shape index (κ1) is 14.2. The second-order valence-corrected chi connectivity index (χ2v) is 4.73. The van der Waals surface area contributed by atoms with Crippen LogP contribution in [0, 0.1) is 0 Å². The fourth-order valence-electron chi connectivity index (χ4n) is 0.281. The van der Waals surface area contributed by atoms with Crippen LogP contribution in [0.4, 0.5) is 0 Å². The van der Waals surface area contributed by atoms with Gasteiger partial charge in [-0.05, 0) is 23.2 Å². The molecule has 84 valence electrons. The minimum absolute atomic E-state index is 1.16. The molecule has 0 heterocycles. The van der Waals surface area contributed by atoms with Crippen molar-refractivity contribution < 1.29 is 37.8 Å². The Hall–Kier alpha value is 0.220. The van der Waals surface area contributed by atoms with Gasteiger partial charge in [0.25, 0.3) is 10.4 Å². The summed E-state index contributed by atoms with van der Waals surface area (Å²) in [6.07, 6.45) is 0. The maximum Gasteiger partial charge on any atom is 0.525 e. The van der Waals surface area contributed by atoms with E-state index in [1.54, 1.807) is 0 Å². The Morgan fingerprint density at radius 1 is 0.857 bits per heavy atom. The highest BCUT2D eigenvalue weighted by molar-refractivity contribution is 7.46. The Morgan fingerprint density at radius 2 is 1.07 bits per heavy atom. The molecule has 0 radical (unpaired) electrons. The van der Waals surface area contributed by atoms with Crippen molar-refractivity contribution in [3.8, 4) is 0 Å². The van der Waals surface area contributed by atoms with Gasteiger partial charge in [0.15, 0.2) is 0 Å². The van der Waals surface area contributed by atoms with Crippen molar-refractivity contribution >= 4 is 38.8 Å². The predicted molar refractivity (Wildman–Crippen MR) is 45.0 cm³/mol. The lowest BCUT2D eigenvalue weighted by Gasteiger charge is -2.08. The molecule has 0 saturated heterocycles. The van der Waals surface area contributed by atoms with Gasteiger partial charge >= 0.3 is 15.6 Å². The third-order valence-electron chi connectivity index (χ3n) is 0.553. The monoisotopic (exact) mass is 288 g/mol. The molecule has 0 amide bonds. The van der Waals surface area contributed by atoms with Crippen LogP contribution < -0.4 is 0 Å². The second kappa shape index (κ2) is 4.83. The highest BCUT2D eigenvalue weighted by Gasteiger charge is 2.24. The van der Waals surface area contributed by atoms with Gasteiger partial charge in [-0.15, -0.1) is 0 Å². The van der Waals surface area contributed by atoms with E-state index in [0.29, 0.717) is 0 Å². The van der Waals surface area contributed by atoms with Gasteiger partial charge < -0.3 is 9.05 Å². The Bertz CT molecular complexity index is 292. The molecule has 0 saturated carbocycles. The van der Waals surface area contributed by atoms with Crippen LogP contribution in [-0.4, -0.2) is 19.6 Å². The van der Waals surface area contributed by atoms with Crippen molar-refractivity contribution in [3.05, 3.63) is 10.4 Å². The van der Waals surface area contributed by atoms with Gasteiger partial charge in [0, 0.05) is 0 Å². The molecule has 0 fully saturated rings. The molecular formula is C2H4Cl2O8P2. The molecule has 4 N–H and O–H groups in total. The highest BCUT2D eigenvalue weighted by atomic mass is 35.5. The minimum Gasteiger partial charge on any atom is -0.387 e. The standard InChI is InChI=1S/C2H4Cl2O8P2/c3-1(11-13(5,6)7)2(4)12-14(8,9)10/h(H2,5,6,7)(H2,8,9,10)/b2-1+. The minimum atomic E-state index is -4.95. The van der Waals surface area contributed by atoms with Crippen molar-refractivity contribution in [1.29, 1.82) is 0 Å². The van der Waals surface area contributed by atoms with Crippen LogP contribution in [0.3, 0.4) is 0 Å². The van der Waals surface area contributed by atoms with Gasteiger partial charge in [-0.3, -0.25) is 19.6 Å². The summed E-state index contributed by atoms with van der Waals surface area (Å²) in [5.74, 6) is 0. The van der Waals surface area contributed by atoms with E-state index in [9.17, 15) is 9.13 Å². The molecule has 0 aromatic carbocycles. The van der Waals surface area contributed by atoms with Crippen LogP contribution in [-0.2, 0) is 18.2 Å². The molecule has 0 bridgehead atoms. The maximum absolute atomic E-state index is 10.2. The molecule has 0 aromatic rings. The zero-order chi connectivity index (χ0) is 11.6. The van der Waals surface area contributed by atoms with Gasteiger partial charge in [0.2, 0.25) is 0 Å². The summed E-state index contributed by atoms with van der Waals surface area (Å²) >= 11 is 9.97. The number of hydrogen-bond donors (Lipinski definition) is 4. The largest absolute Gasteiger partial charge is 0.525 e. The number of phosphoric ester groups is 2. The average molecular weight is 289 g/mol. The van der Waals surface area contributed by atoms with Crippen molar-refractivity contribution in [2.75, 3.05) is 0 Å². The van der Waals surface area contributed by atoms with Crippen LogP contribution in [0.25, 0.3) is 0 Å². The zero-order valence-electron chi connectivity index (χ0n) is 6.07. The van der Waals surface area contributed by atoms with Gasteiger partial charge in [-0.1, -0.05) is 0 Å². The van der Waals surface area contributed by atoms with E-state index >= 15 is 0 Å². The second-order valence-electron chi connectivity index (χ2n) is 1.71. The molecule has 8 nitrogen and oxygen atoms in total. The molecule has 0 unspecified atom stereocenters. The lowest BCUT2D eigenvalue weighted by Crippen LogP contribution is -1.90. The van der Waals surface area contributed by atoms with E-state index < -0.39 is 26.1 Å². The molecule has 0 aliphatic rings. The Morgan fingerprint density at radius 3 is 1.21 bits per heavy atom. The third-order valence-corrected chi connectivity index (χ3v) is 2.20. The smallest absolute Gasteiger partial charge is 0.387 e. The first-order valence-corrected chi connectivity index (χ1v) is 6.38. The molecule has 0 rings (SSSR count). The summed E-state index contributed by atoms with van der Waals surface area (Å²) in [6, 6.07) is 0. The summed E-state index contributed by atoms with van der Waals surface area (Å²) in [6.45, 7) is 0. The molecule has 0 aliphatic carbocycles. The lowest BCUT2D eigenvalue weighted by molar-refractivity contribution is 0.227. The van der Waals surface area contributed by atoms with Gasteiger partial charge in [-0.2, -0.15) is 0 Å². The molecule has 12 heteroatoms. The molecule has 14 heavy (non-hydrogen) atoms. The van der Waals surface area contributed by atoms with Crippen LogP contribution in [0.15, 0.2) is 10.4 Å². The van der Waals surface area contributed by atoms with Crippen LogP contribution in [0.1, 0.15) is 0 Å². The van der Waals surface area contributed by atoms with E-state index in [1.165, 1.54) is 0 Å². The van der Waals surface area contributed by atoms with E-state index in [4.69, 9.17) is 42.8 Å². The number of halogens is 2. The van der Waals surface area contributed by atoms with Crippen LogP contribution in [0.2, 0.25) is 0 Å². The molecule has 0 atom stereocenters. The Balaban J connectivity index is 4.62. The normalized spacial score (nSPS) is 14.7. The molecule has 0 spiro atoms. The first-order valence-electron chi connectivity index (χ1n) is 2.57. The fourth-order valence-corrected chi connectivity index (χ4v) is 1.59. The quantitative estimate of drug-likeness (QED) is 0.441. The van der Waals surface area contributed by atoms with Gasteiger partial charge in [0.05, 0.1) is 0 Å². The maximum atomic E-state index is 10.2. The van der Waals surface area contributed by atoms with E-state index in [2.05, 4.69) is 9.05 Å². The average Bonchev–Trinajstić information content (AvgIpc) is 1.78. The number of phosphoric acid groups is 2. The molecular weight excluding hydrogens is 285 g/mol. The topological polar surface area (TPSA) is 134 Å². The first-order chi connectivity index (χ1) is 6.01. The summed E-state index contributed by atoms with van der Waals surface area (Å²) in [5, 5.41) is -2.33. The van der Waals surface area contributed by atoms with Crippen molar-refractivity contribution in [2.24, 2.45) is 0 Å². The van der Waals surface area contributed by atoms with E-state index in [-0.39, 0.29) is 0 Å². The third kappa shape index (κ3) is 7.61. The summed E-state index contributed by atoms with van der Waals surface area (Å²) in [7, 11) is -9.90. The zero-order valence-corrected chi connectivity index (χ0v) is 9.37. The molecule has 0 aliphatic heterocycles. The van der Waals surface area contributed by atoms with Gasteiger partial charge in [-0.25, -0.2) is 9.13 Å². The lowest BCUT2D eigenvalue weighted by atomic mass is 11.1. The van der Waals surface area contributed by atoms with Gasteiger partial charge in [0.1, 0.15) is 0 Å². The summed E-state index contributed by atoms with van der Waals surface area (Å²) in [4.78, 5) is 32.8. The Kier molecular flexibility index (Phi) is 4.90. The summed E-state index contributed by atoms with van der Waals surface area (Å²) in [5.41, 5.74) is 0. The van der Waals surface area contributed by atoms with E-state index in [0.717, 1.165) is 0 Å². The van der Waals surface area contributed by atoms with Crippen molar-refractivity contribution in [1.82, 2.24) is 0 Å². The van der Waals surface area contributed by atoms with Crippen LogP contribution >= 0.6 is 38.8 Å². The SMILES string of the molecule is O=P(O)(O)O/C(Cl)=C(\Cl)OP(=O)(O)O. The van der Waals surface area contributed by atoms with Crippen LogP contribution in [0.5, 0.6) is 0 Å². The summed E-state index contributed by atoms with van der Waals surface area (Å²) < 4.78 is 27.6. The number of rotatable bonds is 4. The Labute approximate surface area is 87.5 Å². The number of hydrogen-bond acceptors (Lipinski definition) is 4.